The Morgan fingerprint density at radius 1 is 1.32 bits per heavy atom. The highest BCUT2D eigenvalue weighted by Gasteiger charge is 2.35. The van der Waals surface area contributed by atoms with Crippen LogP contribution in [-0.4, -0.2) is 44.7 Å². The number of rotatable bonds is 11. The molecule has 1 aromatic rings. The highest BCUT2D eigenvalue weighted by Crippen LogP contribution is 2.40. The number of carboxylic acids is 1. The third-order valence-electron chi connectivity index (χ3n) is 5.39. The van der Waals surface area contributed by atoms with Crippen LogP contribution in [0.25, 0.3) is 0 Å². The maximum atomic E-state index is 11.0. The summed E-state index contributed by atoms with van der Waals surface area (Å²) in [6, 6.07) is 3.51. The van der Waals surface area contributed by atoms with E-state index in [4.69, 9.17) is 5.11 Å². The second kappa shape index (κ2) is 10.9. The van der Waals surface area contributed by atoms with E-state index in [1.165, 1.54) is 11.3 Å². The van der Waals surface area contributed by atoms with E-state index in [9.17, 15) is 20.1 Å². The van der Waals surface area contributed by atoms with Crippen LogP contribution in [0, 0.1) is 11.8 Å². The maximum Gasteiger partial charge on any atom is 0.345 e. The van der Waals surface area contributed by atoms with E-state index in [-0.39, 0.29) is 17.9 Å². The largest absolute Gasteiger partial charge is 0.477 e. The van der Waals surface area contributed by atoms with Gasteiger partial charge in [-0.25, -0.2) is 4.79 Å². The third-order valence-corrected chi connectivity index (χ3v) is 6.53. The van der Waals surface area contributed by atoms with E-state index in [0.29, 0.717) is 24.1 Å². The van der Waals surface area contributed by atoms with Crippen LogP contribution in [0.1, 0.15) is 60.0 Å². The van der Waals surface area contributed by atoms with Crippen molar-refractivity contribution in [1.29, 1.82) is 0 Å². The van der Waals surface area contributed by atoms with Crippen molar-refractivity contribution >= 4 is 17.3 Å². The van der Waals surface area contributed by atoms with Crippen LogP contribution in [0.5, 0.6) is 0 Å². The third kappa shape index (κ3) is 6.85. The zero-order valence-electron chi connectivity index (χ0n) is 16.5. The van der Waals surface area contributed by atoms with Gasteiger partial charge < -0.3 is 20.4 Å². The summed E-state index contributed by atoms with van der Waals surface area (Å²) in [7, 11) is 0. The van der Waals surface area contributed by atoms with Gasteiger partial charge in [-0.1, -0.05) is 24.3 Å². The molecule has 1 heterocycles. The number of aliphatic hydroxyl groups excluding tert-OH is 3. The summed E-state index contributed by atoms with van der Waals surface area (Å²) < 4.78 is 0. The highest BCUT2D eigenvalue weighted by atomic mass is 32.1. The Balaban J connectivity index is 1.85. The molecule has 0 amide bonds. The minimum atomic E-state index is -0.888. The van der Waals surface area contributed by atoms with Crippen molar-refractivity contribution in [3.8, 4) is 0 Å². The number of carboxylic acid groups (broad SMARTS) is 1. The molecule has 5 nitrogen and oxygen atoms in total. The van der Waals surface area contributed by atoms with Crippen molar-refractivity contribution < 1.29 is 25.2 Å². The highest BCUT2D eigenvalue weighted by molar-refractivity contribution is 7.13. The molecule has 1 fully saturated rings. The smallest absolute Gasteiger partial charge is 0.345 e. The van der Waals surface area contributed by atoms with Gasteiger partial charge in [-0.05, 0) is 69.9 Å². The van der Waals surface area contributed by atoms with Gasteiger partial charge in [0.1, 0.15) is 4.88 Å². The molecule has 6 heteroatoms. The van der Waals surface area contributed by atoms with Crippen LogP contribution in [0.2, 0.25) is 0 Å². The van der Waals surface area contributed by atoms with Gasteiger partial charge in [0.15, 0.2) is 0 Å². The van der Waals surface area contributed by atoms with Gasteiger partial charge >= 0.3 is 5.97 Å². The molecule has 1 aliphatic carbocycles. The number of aryl methyl sites for hydroxylation is 1. The van der Waals surface area contributed by atoms with Crippen LogP contribution in [0.3, 0.4) is 0 Å². The molecular weight excluding hydrogens is 376 g/mol. The van der Waals surface area contributed by atoms with Gasteiger partial charge in [0, 0.05) is 10.8 Å². The maximum absolute atomic E-state index is 11.0. The summed E-state index contributed by atoms with van der Waals surface area (Å²) >= 11 is 1.31. The Kier molecular flexibility index (Phi) is 8.89. The quantitative estimate of drug-likeness (QED) is 0.418. The van der Waals surface area contributed by atoms with Crippen molar-refractivity contribution in [3.05, 3.63) is 46.2 Å². The molecule has 0 radical (unpaired) electrons. The number of hydrogen-bond acceptors (Lipinski definition) is 5. The van der Waals surface area contributed by atoms with Crippen molar-refractivity contribution in [2.75, 3.05) is 0 Å². The molecule has 0 bridgehead atoms. The fourth-order valence-corrected chi connectivity index (χ4v) is 4.74. The Morgan fingerprint density at radius 2 is 2.07 bits per heavy atom. The SMILES string of the molecule is C=C1C[C@@H](O)[C@H](/C=C/[C@@H](O)CCC[C@@H](C)O)[C@H]1CCCc1ccc(C(=O)O)s1. The lowest BCUT2D eigenvalue weighted by atomic mass is 9.87. The lowest BCUT2D eigenvalue weighted by Gasteiger charge is -2.19. The van der Waals surface area contributed by atoms with Crippen LogP contribution in [0.4, 0.5) is 0 Å². The normalized spacial score (nSPS) is 24.7. The minimum Gasteiger partial charge on any atom is -0.477 e. The molecule has 5 atom stereocenters. The first-order valence-electron chi connectivity index (χ1n) is 10.00. The van der Waals surface area contributed by atoms with Crippen LogP contribution in [0.15, 0.2) is 36.4 Å². The summed E-state index contributed by atoms with van der Waals surface area (Å²) in [5.74, 6) is -0.757. The van der Waals surface area contributed by atoms with Gasteiger partial charge in [-0.15, -0.1) is 11.3 Å². The molecular formula is C22H32O5S. The molecule has 0 unspecified atom stereocenters. The molecule has 4 N–H and O–H groups in total. The van der Waals surface area contributed by atoms with Crippen molar-refractivity contribution in [3.63, 3.8) is 0 Å². The first-order chi connectivity index (χ1) is 13.3. The predicted molar refractivity (Wildman–Crippen MR) is 112 cm³/mol. The van der Waals surface area contributed by atoms with Gasteiger partial charge in [0.2, 0.25) is 0 Å². The molecule has 0 saturated heterocycles. The van der Waals surface area contributed by atoms with E-state index >= 15 is 0 Å². The fourth-order valence-electron chi connectivity index (χ4n) is 3.85. The molecule has 1 saturated carbocycles. The zero-order valence-corrected chi connectivity index (χ0v) is 17.3. The lowest BCUT2D eigenvalue weighted by molar-refractivity contribution is 0.0702. The van der Waals surface area contributed by atoms with Gasteiger partial charge in [0.05, 0.1) is 18.3 Å². The second-order valence-corrected chi connectivity index (χ2v) is 8.98. The lowest BCUT2D eigenvalue weighted by Crippen LogP contribution is -2.18. The van der Waals surface area contributed by atoms with Gasteiger partial charge in [0.25, 0.3) is 0 Å². The number of thiophene rings is 1. The monoisotopic (exact) mass is 408 g/mol. The summed E-state index contributed by atoms with van der Waals surface area (Å²) in [4.78, 5) is 12.4. The minimum absolute atomic E-state index is 0.0446. The molecule has 0 aromatic carbocycles. The van der Waals surface area contributed by atoms with Crippen molar-refractivity contribution in [2.45, 2.75) is 70.2 Å². The van der Waals surface area contributed by atoms with E-state index in [0.717, 1.165) is 36.1 Å². The van der Waals surface area contributed by atoms with Crippen LogP contribution >= 0.6 is 11.3 Å². The second-order valence-electron chi connectivity index (χ2n) is 7.81. The van der Waals surface area contributed by atoms with Crippen LogP contribution in [-0.2, 0) is 6.42 Å². The summed E-state index contributed by atoms with van der Waals surface area (Å²) in [5, 5.41) is 38.8. The predicted octanol–water partition coefficient (Wildman–Crippen LogP) is 3.79. The van der Waals surface area contributed by atoms with E-state index in [1.807, 2.05) is 12.1 Å². The first-order valence-corrected chi connectivity index (χ1v) is 10.8. The Hall–Kier alpha value is -1.47. The number of carbonyl (C=O) groups is 1. The Labute approximate surface area is 171 Å². The standard InChI is InChI=1S/C22H32O5S/c1-14-13-20(25)19(11-9-16(24)6-3-5-15(2)23)18(14)8-4-7-17-10-12-21(28-17)22(26)27/h9-12,15-16,18-20,23-25H,1,3-8,13H2,2H3,(H,26,27)/b11-9+/t15-,16+,18+,19-,20-/m1/s1. The van der Waals surface area contributed by atoms with E-state index < -0.39 is 18.2 Å². The number of hydrogen-bond donors (Lipinski definition) is 4. The summed E-state index contributed by atoms with van der Waals surface area (Å²) in [6.45, 7) is 5.87. The topological polar surface area (TPSA) is 98.0 Å². The summed E-state index contributed by atoms with van der Waals surface area (Å²) in [5.41, 5.74) is 1.04. The summed E-state index contributed by atoms with van der Waals surface area (Å²) in [6.07, 6.45) is 7.50. The van der Waals surface area contributed by atoms with E-state index in [1.54, 1.807) is 19.1 Å². The zero-order chi connectivity index (χ0) is 20.7. The number of aromatic carboxylic acids is 1. The van der Waals surface area contributed by atoms with E-state index in [2.05, 4.69) is 6.58 Å². The van der Waals surface area contributed by atoms with Crippen molar-refractivity contribution in [1.82, 2.24) is 0 Å². The molecule has 1 aromatic heterocycles. The molecule has 28 heavy (non-hydrogen) atoms. The van der Waals surface area contributed by atoms with Gasteiger partial charge in [-0.3, -0.25) is 0 Å². The molecule has 2 rings (SSSR count). The first kappa shape index (κ1) is 22.8. The fraction of sp³-hybridized carbons (Fsp3) is 0.591. The average Bonchev–Trinajstić information content (AvgIpc) is 3.18. The van der Waals surface area contributed by atoms with Crippen molar-refractivity contribution in [2.24, 2.45) is 11.8 Å². The molecule has 156 valence electrons. The number of aliphatic hydroxyl groups is 3. The Bertz CT molecular complexity index is 678. The molecule has 1 aliphatic rings. The average molecular weight is 409 g/mol. The Morgan fingerprint density at radius 3 is 2.71 bits per heavy atom. The van der Waals surface area contributed by atoms with Gasteiger partial charge in [-0.2, -0.15) is 0 Å². The van der Waals surface area contributed by atoms with Crippen LogP contribution < -0.4 is 0 Å². The molecule has 0 aliphatic heterocycles. The molecule has 0 spiro atoms.